The monoisotopic (exact) mass is 285 g/mol. The molecule has 0 amide bonds. The molecule has 1 N–H and O–H groups in total. The second kappa shape index (κ2) is 7.18. The molecule has 21 heavy (non-hydrogen) atoms. The van der Waals surface area contributed by atoms with Gasteiger partial charge in [0.15, 0.2) is 0 Å². The van der Waals surface area contributed by atoms with Crippen LogP contribution in [0.3, 0.4) is 0 Å². The average Bonchev–Trinajstić information content (AvgIpc) is 2.49. The molecule has 0 saturated carbocycles. The van der Waals surface area contributed by atoms with E-state index >= 15 is 0 Å². The van der Waals surface area contributed by atoms with Crippen LogP contribution in [0.5, 0.6) is 0 Å². The van der Waals surface area contributed by atoms with Crippen LogP contribution in [0.15, 0.2) is 47.7 Å². The Morgan fingerprint density at radius 2 is 1.81 bits per heavy atom. The summed E-state index contributed by atoms with van der Waals surface area (Å²) in [6.45, 7) is 7.88. The van der Waals surface area contributed by atoms with Crippen molar-refractivity contribution in [1.29, 1.82) is 0 Å². The molecule has 4 heteroatoms. The predicted molar refractivity (Wildman–Crippen MR) is 85.4 cm³/mol. The first-order valence-electron chi connectivity index (χ1n) is 7.45. The average molecular weight is 285 g/mol. The first kappa shape index (κ1) is 15.4. The molecule has 0 aliphatic heterocycles. The van der Waals surface area contributed by atoms with E-state index in [2.05, 4.69) is 55.3 Å². The van der Waals surface area contributed by atoms with Gasteiger partial charge in [-0.1, -0.05) is 45.0 Å². The highest BCUT2D eigenvalue weighted by Crippen LogP contribution is 2.19. The summed E-state index contributed by atoms with van der Waals surface area (Å²) in [6.07, 6.45) is 3.12. The van der Waals surface area contributed by atoms with Crippen molar-refractivity contribution in [1.82, 2.24) is 14.9 Å². The Labute approximate surface area is 125 Å². The molecule has 1 aromatic carbocycles. The minimum Gasteiger partial charge on any atom is -0.309 e. The van der Waals surface area contributed by atoms with Crippen molar-refractivity contribution < 1.29 is 0 Å². The number of rotatable bonds is 6. The molecule has 0 saturated heterocycles. The van der Waals surface area contributed by atoms with Crippen molar-refractivity contribution in [2.45, 2.75) is 39.3 Å². The largest absolute Gasteiger partial charge is 0.309 e. The van der Waals surface area contributed by atoms with Crippen LogP contribution >= 0.6 is 0 Å². The normalized spacial score (nSPS) is 12.6. The molecule has 1 heterocycles. The lowest BCUT2D eigenvalue weighted by Crippen LogP contribution is -2.30. The highest BCUT2D eigenvalue weighted by Gasteiger charge is 2.12. The number of hydrogen-bond donors (Lipinski definition) is 1. The number of benzene rings is 1. The molecule has 112 valence electrons. The van der Waals surface area contributed by atoms with Crippen LogP contribution in [0, 0.1) is 0 Å². The molecule has 0 spiro atoms. The fraction of sp³-hybridized carbons (Fsp3) is 0.412. The summed E-state index contributed by atoms with van der Waals surface area (Å²) in [7, 11) is 0. The minimum atomic E-state index is -0.0216. The second-order valence-electron chi connectivity index (χ2n) is 5.50. The van der Waals surface area contributed by atoms with E-state index in [1.54, 1.807) is 10.9 Å². The molecule has 0 radical (unpaired) electrons. The zero-order chi connectivity index (χ0) is 15.2. The summed E-state index contributed by atoms with van der Waals surface area (Å²) in [6, 6.07) is 10.2. The van der Waals surface area contributed by atoms with E-state index in [0.29, 0.717) is 12.5 Å². The Kier molecular flexibility index (Phi) is 5.28. The molecule has 2 aromatic rings. The van der Waals surface area contributed by atoms with Crippen molar-refractivity contribution in [3.05, 3.63) is 64.3 Å². The van der Waals surface area contributed by atoms with Gasteiger partial charge in [0.1, 0.15) is 0 Å². The third-order valence-electron chi connectivity index (χ3n) is 3.63. The first-order valence-corrected chi connectivity index (χ1v) is 7.45. The molecule has 0 fully saturated rings. The Bertz CT molecular complexity index is 616. The van der Waals surface area contributed by atoms with Gasteiger partial charge >= 0.3 is 0 Å². The van der Waals surface area contributed by atoms with Crippen LogP contribution in [-0.4, -0.2) is 16.1 Å². The minimum absolute atomic E-state index is 0.0216. The zero-order valence-corrected chi connectivity index (χ0v) is 12.9. The van der Waals surface area contributed by atoms with Gasteiger partial charge in [-0.3, -0.25) is 9.36 Å². The van der Waals surface area contributed by atoms with Crippen molar-refractivity contribution >= 4 is 0 Å². The molecule has 1 atom stereocenters. The van der Waals surface area contributed by atoms with Crippen LogP contribution in [0.1, 0.15) is 43.9 Å². The molecule has 0 aliphatic rings. The standard InChI is InChI=1S/C17H23N3O/c1-4-19-16(11-20-12-18-10-9-17(20)21)15-7-5-14(6-8-15)13(2)3/h5-10,12-13,16,19H,4,11H2,1-3H3. The van der Waals surface area contributed by atoms with E-state index < -0.39 is 0 Å². The summed E-state index contributed by atoms with van der Waals surface area (Å²) < 4.78 is 1.64. The highest BCUT2D eigenvalue weighted by atomic mass is 16.1. The van der Waals surface area contributed by atoms with Crippen molar-refractivity contribution in [2.24, 2.45) is 0 Å². The number of nitrogens with one attached hydrogen (secondary N) is 1. The molecule has 1 unspecified atom stereocenters. The number of likely N-dealkylation sites (N-methyl/N-ethyl adjacent to an activating group) is 1. The van der Waals surface area contributed by atoms with Crippen LogP contribution in [0.25, 0.3) is 0 Å². The Morgan fingerprint density at radius 3 is 2.38 bits per heavy atom. The summed E-state index contributed by atoms with van der Waals surface area (Å²) in [4.78, 5) is 15.9. The molecule has 1 aromatic heterocycles. The van der Waals surface area contributed by atoms with Gasteiger partial charge in [-0.15, -0.1) is 0 Å². The topological polar surface area (TPSA) is 46.9 Å². The number of nitrogens with zero attached hydrogens (tertiary/aromatic N) is 2. The quantitative estimate of drug-likeness (QED) is 0.887. The zero-order valence-electron chi connectivity index (χ0n) is 12.9. The summed E-state index contributed by atoms with van der Waals surface area (Å²) in [5, 5.41) is 3.44. The highest BCUT2D eigenvalue weighted by molar-refractivity contribution is 5.26. The summed E-state index contributed by atoms with van der Waals surface area (Å²) in [5.41, 5.74) is 2.50. The fourth-order valence-corrected chi connectivity index (χ4v) is 2.36. The Hall–Kier alpha value is -1.94. The lowest BCUT2D eigenvalue weighted by molar-refractivity contribution is 0.463. The van der Waals surface area contributed by atoms with Crippen LogP contribution in [0.2, 0.25) is 0 Å². The van der Waals surface area contributed by atoms with Gasteiger partial charge in [-0.25, -0.2) is 4.98 Å². The number of hydrogen-bond acceptors (Lipinski definition) is 3. The molecule has 4 nitrogen and oxygen atoms in total. The van der Waals surface area contributed by atoms with E-state index in [1.165, 1.54) is 23.4 Å². The Morgan fingerprint density at radius 1 is 1.14 bits per heavy atom. The van der Waals surface area contributed by atoms with Crippen molar-refractivity contribution in [3.63, 3.8) is 0 Å². The van der Waals surface area contributed by atoms with E-state index in [-0.39, 0.29) is 11.6 Å². The van der Waals surface area contributed by atoms with Gasteiger partial charge in [-0.05, 0) is 23.6 Å². The molecule has 0 aliphatic carbocycles. The maximum atomic E-state index is 11.8. The van der Waals surface area contributed by atoms with Crippen LogP contribution in [0.4, 0.5) is 0 Å². The lowest BCUT2D eigenvalue weighted by atomic mass is 9.99. The van der Waals surface area contributed by atoms with Gasteiger partial charge in [0.25, 0.3) is 5.56 Å². The third kappa shape index (κ3) is 4.02. The van der Waals surface area contributed by atoms with Crippen LogP contribution in [-0.2, 0) is 6.54 Å². The smallest absolute Gasteiger partial charge is 0.253 e. The second-order valence-corrected chi connectivity index (χ2v) is 5.50. The van der Waals surface area contributed by atoms with Crippen molar-refractivity contribution in [3.8, 4) is 0 Å². The predicted octanol–water partition coefficient (Wildman–Crippen LogP) is 2.72. The third-order valence-corrected chi connectivity index (χ3v) is 3.63. The fourth-order valence-electron chi connectivity index (χ4n) is 2.36. The van der Waals surface area contributed by atoms with Crippen molar-refractivity contribution in [2.75, 3.05) is 6.54 Å². The van der Waals surface area contributed by atoms with Gasteiger partial charge in [0, 0.05) is 18.8 Å². The number of aromatic nitrogens is 2. The maximum absolute atomic E-state index is 11.8. The van der Waals surface area contributed by atoms with E-state index in [4.69, 9.17) is 0 Å². The molecular weight excluding hydrogens is 262 g/mol. The molecular formula is C17H23N3O. The van der Waals surface area contributed by atoms with Gasteiger partial charge in [0.2, 0.25) is 0 Å². The summed E-state index contributed by atoms with van der Waals surface area (Å²) in [5.74, 6) is 0.526. The lowest BCUT2D eigenvalue weighted by Gasteiger charge is -2.20. The first-order chi connectivity index (χ1) is 10.1. The molecule has 0 bridgehead atoms. The van der Waals surface area contributed by atoms with E-state index in [0.717, 1.165) is 6.54 Å². The Balaban J connectivity index is 2.22. The van der Waals surface area contributed by atoms with Gasteiger partial charge in [-0.2, -0.15) is 0 Å². The van der Waals surface area contributed by atoms with E-state index in [9.17, 15) is 4.79 Å². The maximum Gasteiger partial charge on any atom is 0.253 e. The molecule has 2 rings (SSSR count). The van der Waals surface area contributed by atoms with E-state index in [1.807, 2.05) is 0 Å². The van der Waals surface area contributed by atoms with Gasteiger partial charge < -0.3 is 5.32 Å². The van der Waals surface area contributed by atoms with Crippen LogP contribution < -0.4 is 10.9 Å². The van der Waals surface area contributed by atoms with Gasteiger partial charge in [0.05, 0.1) is 12.4 Å². The summed E-state index contributed by atoms with van der Waals surface area (Å²) >= 11 is 0. The SMILES string of the molecule is CCNC(Cn1cnccc1=O)c1ccc(C(C)C)cc1.